The molecule has 0 aromatic carbocycles. The molecule has 1 aromatic heterocycles. The number of hydrogen-bond acceptors (Lipinski definition) is 6. The van der Waals surface area contributed by atoms with Gasteiger partial charge < -0.3 is 10.1 Å². The first-order valence-electron chi connectivity index (χ1n) is 6.13. The van der Waals surface area contributed by atoms with Crippen molar-refractivity contribution in [1.29, 1.82) is 0 Å². The molecular formula is C12H19N3O3S. The Labute approximate surface area is 113 Å². The van der Waals surface area contributed by atoms with E-state index in [0.717, 1.165) is 18.5 Å². The predicted molar refractivity (Wildman–Crippen MR) is 73.2 cm³/mol. The van der Waals surface area contributed by atoms with Gasteiger partial charge in [0.05, 0.1) is 12.9 Å². The Hall–Kier alpha value is -1.37. The molecule has 1 saturated carbocycles. The van der Waals surface area contributed by atoms with Gasteiger partial charge in [-0.2, -0.15) is 4.98 Å². The normalized spacial score (nSPS) is 17.0. The fraction of sp³-hybridized carbons (Fsp3) is 0.667. The molecule has 6 nitrogen and oxygen atoms in total. The fourth-order valence-electron chi connectivity index (χ4n) is 2.11. The van der Waals surface area contributed by atoms with E-state index in [0.29, 0.717) is 18.4 Å². The summed E-state index contributed by atoms with van der Waals surface area (Å²) in [6.45, 7) is 2.47. The zero-order chi connectivity index (χ0) is 14.1. The monoisotopic (exact) mass is 285 g/mol. The van der Waals surface area contributed by atoms with Gasteiger partial charge in [0.15, 0.2) is 0 Å². The minimum atomic E-state index is -2.94. The summed E-state index contributed by atoms with van der Waals surface area (Å²) < 4.78 is 27.8. The number of ether oxygens (including phenoxy) is 1. The first-order chi connectivity index (χ1) is 8.82. The molecule has 19 heavy (non-hydrogen) atoms. The van der Waals surface area contributed by atoms with Gasteiger partial charge in [-0.15, -0.1) is 0 Å². The van der Waals surface area contributed by atoms with Crippen molar-refractivity contribution in [2.24, 2.45) is 5.41 Å². The number of aryl methyl sites for hydroxylation is 1. The van der Waals surface area contributed by atoms with Crippen LogP contribution in [0.1, 0.15) is 18.5 Å². The van der Waals surface area contributed by atoms with Crippen LogP contribution in [0.4, 0.5) is 5.82 Å². The lowest BCUT2D eigenvalue weighted by Crippen LogP contribution is -2.24. The third-order valence-corrected chi connectivity index (χ3v) is 4.32. The molecule has 7 heteroatoms. The maximum atomic E-state index is 11.4. The highest BCUT2D eigenvalue weighted by atomic mass is 32.2. The van der Waals surface area contributed by atoms with Gasteiger partial charge in [0.2, 0.25) is 0 Å². The van der Waals surface area contributed by atoms with Crippen molar-refractivity contribution in [3.63, 3.8) is 0 Å². The van der Waals surface area contributed by atoms with E-state index in [1.54, 1.807) is 0 Å². The highest BCUT2D eigenvalue weighted by Gasteiger charge is 2.45. The molecule has 2 rings (SSSR count). The Kier molecular flexibility index (Phi) is 3.66. The Balaban J connectivity index is 2.01. The van der Waals surface area contributed by atoms with E-state index in [9.17, 15) is 8.42 Å². The van der Waals surface area contributed by atoms with Gasteiger partial charge in [0.25, 0.3) is 0 Å². The molecule has 0 aliphatic heterocycles. The molecule has 106 valence electrons. The van der Waals surface area contributed by atoms with E-state index in [-0.39, 0.29) is 11.2 Å². The van der Waals surface area contributed by atoms with Crippen LogP contribution in [0.2, 0.25) is 0 Å². The van der Waals surface area contributed by atoms with Gasteiger partial charge in [0.1, 0.15) is 15.7 Å². The van der Waals surface area contributed by atoms with Crippen LogP contribution in [0.15, 0.2) is 6.07 Å². The van der Waals surface area contributed by atoms with Gasteiger partial charge in [-0.3, -0.25) is 0 Å². The molecule has 0 amide bonds. The van der Waals surface area contributed by atoms with Gasteiger partial charge in [-0.25, -0.2) is 13.4 Å². The van der Waals surface area contributed by atoms with Crippen LogP contribution >= 0.6 is 0 Å². The van der Waals surface area contributed by atoms with Crippen LogP contribution in [0.25, 0.3) is 0 Å². The van der Waals surface area contributed by atoms with Crippen LogP contribution in [0.5, 0.6) is 6.01 Å². The van der Waals surface area contributed by atoms with Gasteiger partial charge >= 0.3 is 6.01 Å². The molecule has 0 saturated heterocycles. The van der Waals surface area contributed by atoms with E-state index < -0.39 is 9.84 Å². The average Bonchev–Trinajstić information content (AvgIpc) is 3.03. The van der Waals surface area contributed by atoms with Crippen molar-refractivity contribution < 1.29 is 13.2 Å². The smallest absolute Gasteiger partial charge is 0.318 e. The van der Waals surface area contributed by atoms with E-state index >= 15 is 0 Å². The summed E-state index contributed by atoms with van der Waals surface area (Å²) in [4.78, 5) is 8.29. The summed E-state index contributed by atoms with van der Waals surface area (Å²) in [6, 6.07) is 2.13. The molecule has 1 N–H and O–H groups in total. The third kappa shape index (κ3) is 4.05. The Morgan fingerprint density at radius 2 is 2.11 bits per heavy atom. The average molecular weight is 285 g/mol. The predicted octanol–water partition coefficient (Wildman–Crippen LogP) is 1.03. The topological polar surface area (TPSA) is 81.2 Å². The third-order valence-electron chi connectivity index (χ3n) is 3.19. The van der Waals surface area contributed by atoms with E-state index in [1.807, 2.05) is 13.0 Å². The van der Waals surface area contributed by atoms with Crippen molar-refractivity contribution in [3.05, 3.63) is 11.8 Å². The standard InChI is InChI=1S/C12H19N3O3S/c1-9-6-10(15-11(14-9)18-2)13-7-12(4-5-12)8-19(3,16)17/h6H,4-5,7-8H2,1-3H3,(H,13,14,15). The first kappa shape index (κ1) is 14.0. The van der Waals surface area contributed by atoms with Crippen LogP contribution in [0.3, 0.4) is 0 Å². The number of hydrogen-bond donors (Lipinski definition) is 1. The van der Waals surface area contributed by atoms with Gasteiger partial charge in [-0.1, -0.05) is 0 Å². The fourth-order valence-corrected chi connectivity index (χ4v) is 3.61. The molecule has 0 bridgehead atoms. The van der Waals surface area contributed by atoms with Crippen molar-refractivity contribution in [1.82, 2.24) is 9.97 Å². The molecular weight excluding hydrogens is 266 g/mol. The lowest BCUT2D eigenvalue weighted by atomic mass is 10.1. The molecule has 1 fully saturated rings. The van der Waals surface area contributed by atoms with Crippen LogP contribution < -0.4 is 10.1 Å². The summed E-state index contributed by atoms with van der Waals surface area (Å²) in [7, 11) is -1.42. The zero-order valence-corrected chi connectivity index (χ0v) is 12.2. The summed E-state index contributed by atoms with van der Waals surface area (Å²) in [5.74, 6) is 0.901. The highest BCUT2D eigenvalue weighted by molar-refractivity contribution is 7.90. The van der Waals surface area contributed by atoms with Crippen LogP contribution in [-0.4, -0.2) is 44.0 Å². The number of aromatic nitrogens is 2. The summed E-state index contributed by atoms with van der Waals surface area (Å²) in [5, 5.41) is 3.19. The minimum absolute atomic E-state index is 0.125. The second-order valence-corrected chi connectivity index (χ2v) is 7.45. The van der Waals surface area contributed by atoms with Crippen LogP contribution in [0, 0.1) is 12.3 Å². The lowest BCUT2D eigenvalue weighted by molar-refractivity contribution is 0.379. The Bertz CT molecular complexity index is 568. The molecule has 0 spiro atoms. The highest BCUT2D eigenvalue weighted by Crippen LogP contribution is 2.46. The number of sulfone groups is 1. The molecule has 1 heterocycles. The molecule has 0 atom stereocenters. The summed E-state index contributed by atoms with van der Waals surface area (Å²) >= 11 is 0. The van der Waals surface area contributed by atoms with E-state index in [1.165, 1.54) is 13.4 Å². The summed E-state index contributed by atoms with van der Waals surface area (Å²) in [6.07, 6.45) is 3.16. The van der Waals surface area contributed by atoms with E-state index in [4.69, 9.17) is 4.74 Å². The second-order valence-electron chi connectivity index (χ2n) is 5.30. The number of nitrogens with one attached hydrogen (secondary N) is 1. The number of methoxy groups -OCH3 is 1. The quantitative estimate of drug-likeness (QED) is 0.840. The Morgan fingerprint density at radius 1 is 1.42 bits per heavy atom. The molecule has 1 aliphatic rings. The van der Waals surface area contributed by atoms with E-state index in [2.05, 4.69) is 15.3 Å². The largest absolute Gasteiger partial charge is 0.467 e. The van der Waals surface area contributed by atoms with Crippen LogP contribution in [-0.2, 0) is 9.84 Å². The first-order valence-corrected chi connectivity index (χ1v) is 8.19. The molecule has 1 aliphatic carbocycles. The SMILES string of the molecule is COc1nc(C)cc(NCC2(CS(C)(=O)=O)CC2)n1. The second kappa shape index (κ2) is 4.96. The van der Waals surface area contributed by atoms with Crippen molar-refractivity contribution >= 4 is 15.7 Å². The maximum absolute atomic E-state index is 11.4. The lowest BCUT2D eigenvalue weighted by Gasteiger charge is -2.15. The maximum Gasteiger partial charge on any atom is 0.318 e. The van der Waals surface area contributed by atoms with Crippen molar-refractivity contribution in [2.45, 2.75) is 19.8 Å². The Morgan fingerprint density at radius 3 is 2.63 bits per heavy atom. The number of rotatable bonds is 6. The number of nitrogens with zero attached hydrogens (tertiary/aromatic N) is 2. The van der Waals surface area contributed by atoms with Gasteiger partial charge in [-0.05, 0) is 19.8 Å². The minimum Gasteiger partial charge on any atom is -0.467 e. The molecule has 1 aromatic rings. The zero-order valence-electron chi connectivity index (χ0n) is 11.4. The molecule has 0 radical (unpaired) electrons. The van der Waals surface area contributed by atoms with Crippen molar-refractivity contribution in [3.8, 4) is 6.01 Å². The summed E-state index contributed by atoms with van der Waals surface area (Å²) in [5.41, 5.74) is 0.682. The molecule has 0 unspecified atom stereocenters. The van der Waals surface area contributed by atoms with Gasteiger partial charge in [0, 0.05) is 30.0 Å². The van der Waals surface area contributed by atoms with Crippen molar-refractivity contribution in [2.75, 3.05) is 31.0 Å². The number of anilines is 1.